The lowest BCUT2D eigenvalue weighted by Gasteiger charge is -2.11. The molecule has 0 aliphatic carbocycles. The molecule has 1 fully saturated rings. The van der Waals surface area contributed by atoms with Gasteiger partial charge < -0.3 is 9.88 Å². The van der Waals surface area contributed by atoms with Crippen molar-refractivity contribution in [2.45, 2.75) is 13.8 Å². The number of halogens is 1. The van der Waals surface area contributed by atoms with Gasteiger partial charge in [0.05, 0.1) is 5.69 Å². The van der Waals surface area contributed by atoms with Crippen molar-refractivity contribution in [2.75, 3.05) is 0 Å². The van der Waals surface area contributed by atoms with E-state index in [1.54, 1.807) is 6.08 Å². The first kappa shape index (κ1) is 14.6. The lowest BCUT2D eigenvalue weighted by Crippen LogP contribution is -2.22. The third-order valence-electron chi connectivity index (χ3n) is 3.58. The van der Waals surface area contributed by atoms with Crippen molar-refractivity contribution in [3.63, 3.8) is 0 Å². The Morgan fingerprint density at radius 1 is 1.14 bits per heavy atom. The van der Waals surface area contributed by atoms with Crippen LogP contribution < -0.4 is 10.6 Å². The second-order valence-electron chi connectivity index (χ2n) is 5.08. The fourth-order valence-corrected chi connectivity index (χ4v) is 3.04. The number of aryl methyl sites for hydroxylation is 1. The summed E-state index contributed by atoms with van der Waals surface area (Å²) in [6.45, 7) is 3.98. The Labute approximate surface area is 136 Å². The molecule has 0 unspecified atom stereocenters. The smallest absolute Gasteiger partial charge is 0.317 e. The third-order valence-corrected chi connectivity index (χ3v) is 4.25. The third kappa shape index (κ3) is 2.46. The lowest BCUT2D eigenvalue weighted by atomic mass is 10.2. The predicted octanol–water partition coefficient (Wildman–Crippen LogP) is 3.04. The summed E-state index contributed by atoms with van der Waals surface area (Å²) >= 11 is 3.56. The Bertz CT molecular complexity index is 821. The predicted molar refractivity (Wildman–Crippen MR) is 87.6 cm³/mol. The molecule has 5 nitrogen and oxygen atoms in total. The molecule has 2 aromatic rings. The zero-order valence-electron chi connectivity index (χ0n) is 12.1. The number of hydrogen-bond donors (Lipinski definition) is 2. The maximum absolute atomic E-state index is 11.6. The summed E-state index contributed by atoms with van der Waals surface area (Å²) in [4.78, 5) is 22.8. The van der Waals surface area contributed by atoms with Gasteiger partial charge in [-0.25, -0.2) is 4.79 Å². The fraction of sp³-hybridized carbons (Fsp3) is 0.125. The summed E-state index contributed by atoms with van der Waals surface area (Å²) in [5, 5.41) is 4.70. The maximum Gasteiger partial charge on any atom is 0.326 e. The van der Waals surface area contributed by atoms with Crippen molar-refractivity contribution < 1.29 is 9.59 Å². The van der Waals surface area contributed by atoms with Gasteiger partial charge in [-0.2, -0.15) is 0 Å². The highest BCUT2D eigenvalue weighted by Gasteiger charge is 2.23. The summed E-state index contributed by atoms with van der Waals surface area (Å²) in [5.41, 5.74) is 4.21. The van der Waals surface area contributed by atoms with Gasteiger partial charge in [-0.3, -0.25) is 10.1 Å². The van der Waals surface area contributed by atoms with E-state index in [0.29, 0.717) is 0 Å². The number of carbonyl (C=O) groups is 2. The number of amides is 3. The van der Waals surface area contributed by atoms with Gasteiger partial charge in [0.1, 0.15) is 5.70 Å². The SMILES string of the molecule is Cc1cc(/C=C2\NC(=O)NC2=O)c(C)n1-c1ccccc1Br. The van der Waals surface area contributed by atoms with E-state index in [2.05, 4.69) is 31.1 Å². The van der Waals surface area contributed by atoms with Crippen molar-refractivity contribution >= 4 is 33.9 Å². The fourth-order valence-electron chi connectivity index (χ4n) is 2.58. The van der Waals surface area contributed by atoms with E-state index in [4.69, 9.17) is 0 Å². The number of benzene rings is 1. The minimum absolute atomic E-state index is 0.261. The van der Waals surface area contributed by atoms with Gasteiger partial charge in [0.25, 0.3) is 5.91 Å². The maximum atomic E-state index is 11.6. The Kier molecular flexibility index (Phi) is 3.62. The molecule has 0 saturated carbocycles. The average molecular weight is 360 g/mol. The van der Waals surface area contributed by atoms with Crippen molar-refractivity contribution in [2.24, 2.45) is 0 Å². The van der Waals surface area contributed by atoms with E-state index in [-0.39, 0.29) is 5.70 Å². The summed E-state index contributed by atoms with van der Waals surface area (Å²) in [6.07, 6.45) is 1.69. The van der Waals surface area contributed by atoms with Crippen LogP contribution in [0.15, 0.2) is 40.5 Å². The van der Waals surface area contributed by atoms with Crippen LogP contribution in [-0.4, -0.2) is 16.5 Å². The largest absolute Gasteiger partial charge is 0.326 e. The minimum Gasteiger partial charge on any atom is -0.317 e. The molecular weight excluding hydrogens is 346 g/mol. The normalized spacial score (nSPS) is 16.0. The van der Waals surface area contributed by atoms with Crippen molar-refractivity contribution in [3.05, 3.63) is 57.5 Å². The molecule has 0 atom stereocenters. The van der Waals surface area contributed by atoms with E-state index in [1.165, 1.54) is 0 Å². The molecule has 1 aliphatic heterocycles. The van der Waals surface area contributed by atoms with Crippen LogP contribution in [0.5, 0.6) is 0 Å². The Morgan fingerprint density at radius 2 is 1.86 bits per heavy atom. The number of nitrogens with zero attached hydrogens (tertiary/aromatic N) is 1. The molecule has 1 saturated heterocycles. The van der Waals surface area contributed by atoms with Crippen LogP contribution in [0.3, 0.4) is 0 Å². The summed E-state index contributed by atoms with van der Waals surface area (Å²) in [6, 6.07) is 9.43. The molecule has 0 spiro atoms. The van der Waals surface area contributed by atoms with Gasteiger partial charge in [0.15, 0.2) is 0 Å². The molecule has 0 radical (unpaired) electrons. The number of hydrogen-bond acceptors (Lipinski definition) is 2. The molecule has 2 N–H and O–H groups in total. The van der Waals surface area contributed by atoms with Crippen LogP contribution >= 0.6 is 15.9 Å². The lowest BCUT2D eigenvalue weighted by molar-refractivity contribution is -0.115. The number of rotatable bonds is 2. The molecule has 112 valence electrons. The molecular formula is C16H14BrN3O2. The second kappa shape index (κ2) is 5.46. The Morgan fingerprint density at radius 3 is 2.50 bits per heavy atom. The highest BCUT2D eigenvalue weighted by atomic mass is 79.9. The zero-order chi connectivity index (χ0) is 15.9. The van der Waals surface area contributed by atoms with E-state index < -0.39 is 11.9 Å². The Balaban J connectivity index is 2.09. The first-order valence-corrected chi connectivity index (χ1v) is 7.54. The van der Waals surface area contributed by atoms with Gasteiger partial charge in [-0.15, -0.1) is 0 Å². The molecule has 1 aromatic heterocycles. The molecule has 22 heavy (non-hydrogen) atoms. The van der Waals surface area contributed by atoms with Crippen LogP contribution in [0.1, 0.15) is 17.0 Å². The van der Waals surface area contributed by atoms with Crippen molar-refractivity contribution in [1.82, 2.24) is 15.2 Å². The van der Waals surface area contributed by atoms with Crippen LogP contribution in [0, 0.1) is 13.8 Å². The zero-order valence-corrected chi connectivity index (χ0v) is 13.7. The van der Waals surface area contributed by atoms with Gasteiger partial charge in [-0.1, -0.05) is 12.1 Å². The van der Waals surface area contributed by atoms with Crippen molar-refractivity contribution in [1.29, 1.82) is 0 Å². The monoisotopic (exact) mass is 359 g/mol. The first-order chi connectivity index (χ1) is 10.5. The highest BCUT2D eigenvalue weighted by molar-refractivity contribution is 9.10. The number of imide groups is 1. The van der Waals surface area contributed by atoms with Crippen LogP contribution in [0.25, 0.3) is 11.8 Å². The molecule has 3 rings (SSSR count). The molecule has 1 aromatic carbocycles. The number of urea groups is 1. The number of carbonyl (C=O) groups excluding carboxylic acids is 2. The quantitative estimate of drug-likeness (QED) is 0.639. The summed E-state index contributed by atoms with van der Waals surface area (Å²) in [7, 11) is 0. The van der Waals surface area contributed by atoms with Crippen LogP contribution in [0.4, 0.5) is 4.79 Å². The Hall–Kier alpha value is -2.34. The number of para-hydroxylation sites is 1. The van der Waals surface area contributed by atoms with E-state index in [0.717, 1.165) is 27.1 Å². The van der Waals surface area contributed by atoms with Gasteiger partial charge in [0.2, 0.25) is 0 Å². The summed E-state index contributed by atoms with van der Waals surface area (Å²) < 4.78 is 3.09. The second-order valence-corrected chi connectivity index (χ2v) is 5.93. The van der Waals surface area contributed by atoms with E-state index in [1.807, 2.05) is 44.2 Å². The molecule has 6 heteroatoms. The van der Waals surface area contributed by atoms with E-state index in [9.17, 15) is 9.59 Å². The van der Waals surface area contributed by atoms with Crippen LogP contribution in [-0.2, 0) is 4.79 Å². The number of nitrogens with one attached hydrogen (secondary N) is 2. The van der Waals surface area contributed by atoms with Crippen LogP contribution in [0.2, 0.25) is 0 Å². The average Bonchev–Trinajstić information content (AvgIpc) is 2.91. The van der Waals surface area contributed by atoms with Gasteiger partial charge in [0, 0.05) is 15.9 Å². The van der Waals surface area contributed by atoms with Crippen molar-refractivity contribution in [3.8, 4) is 5.69 Å². The highest BCUT2D eigenvalue weighted by Crippen LogP contribution is 2.27. The summed E-state index contributed by atoms with van der Waals surface area (Å²) in [5.74, 6) is -0.407. The molecule has 1 aliphatic rings. The first-order valence-electron chi connectivity index (χ1n) is 6.75. The molecule has 2 heterocycles. The standard InChI is InChI=1S/C16H14BrN3O2/c1-9-7-11(8-13-15(21)19-16(22)18-13)10(2)20(9)14-6-4-3-5-12(14)17/h3-8H,1-2H3,(H2,18,19,21,22)/b13-8-. The van der Waals surface area contributed by atoms with Gasteiger partial charge >= 0.3 is 6.03 Å². The minimum atomic E-state index is -0.490. The van der Waals surface area contributed by atoms with E-state index >= 15 is 0 Å². The molecule has 0 bridgehead atoms. The molecule has 3 amide bonds. The van der Waals surface area contributed by atoms with Gasteiger partial charge in [-0.05, 0) is 59.6 Å². The number of aromatic nitrogens is 1. The topological polar surface area (TPSA) is 63.1 Å².